The van der Waals surface area contributed by atoms with Crippen molar-refractivity contribution in [2.24, 2.45) is 0 Å². The number of anilines is 1. The van der Waals surface area contributed by atoms with Crippen LogP contribution in [0.1, 0.15) is 29.0 Å². The van der Waals surface area contributed by atoms with Gasteiger partial charge in [-0.25, -0.2) is 14.6 Å². The zero-order valence-electron chi connectivity index (χ0n) is 17.1. The van der Waals surface area contributed by atoms with Crippen LogP contribution in [0.15, 0.2) is 54.7 Å². The van der Waals surface area contributed by atoms with Crippen LogP contribution in [-0.2, 0) is 6.54 Å². The lowest BCUT2D eigenvalue weighted by Crippen LogP contribution is -2.27. The van der Waals surface area contributed by atoms with Gasteiger partial charge in [0.25, 0.3) is 5.91 Å². The molecule has 2 aromatic carbocycles. The summed E-state index contributed by atoms with van der Waals surface area (Å²) in [5.41, 5.74) is 2.43. The number of aromatic nitrogens is 4. The van der Waals surface area contributed by atoms with E-state index in [0.717, 1.165) is 41.0 Å². The van der Waals surface area contributed by atoms with Gasteiger partial charge in [0.05, 0.1) is 17.3 Å². The number of nitrogens with zero attached hydrogens (tertiary/aromatic N) is 4. The van der Waals surface area contributed by atoms with E-state index < -0.39 is 0 Å². The van der Waals surface area contributed by atoms with Crippen LogP contribution in [-0.4, -0.2) is 38.5 Å². The van der Waals surface area contributed by atoms with E-state index in [1.54, 1.807) is 10.9 Å². The summed E-state index contributed by atoms with van der Waals surface area (Å²) in [6.07, 6.45) is 3.70. The molecule has 0 unspecified atom stereocenters. The molecule has 160 valence electrons. The highest BCUT2D eigenvalue weighted by Gasteiger charge is 2.26. The average molecular weight is 428 g/mol. The lowest BCUT2D eigenvalue weighted by Gasteiger charge is -2.10. The Balaban J connectivity index is 1.37. The minimum atomic E-state index is -0.277. The number of hydrogen-bond acceptors (Lipinski definition) is 7. The molecule has 32 heavy (non-hydrogen) atoms. The van der Waals surface area contributed by atoms with E-state index in [-0.39, 0.29) is 24.6 Å². The van der Waals surface area contributed by atoms with Gasteiger partial charge in [0.1, 0.15) is 5.82 Å². The minimum absolute atomic E-state index is 0.121. The molecule has 3 heterocycles. The molecule has 2 aromatic heterocycles. The van der Waals surface area contributed by atoms with Crippen LogP contribution in [0, 0.1) is 0 Å². The number of carbonyl (C=O) groups excluding carboxylic acids is 1. The summed E-state index contributed by atoms with van der Waals surface area (Å²) in [5, 5.41) is 11.5. The highest BCUT2D eigenvalue weighted by atomic mass is 16.7. The smallest absolute Gasteiger partial charge is 0.289 e. The Morgan fingerprint density at radius 2 is 1.91 bits per heavy atom. The molecule has 9 heteroatoms. The van der Waals surface area contributed by atoms with Gasteiger partial charge in [-0.2, -0.15) is 5.10 Å². The Bertz CT molecular complexity index is 1320. The highest BCUT2D eigenvalue weighted by molar-refractivity contribution is 5.96. The van der Waals surface area contributed by atoms with Crippen molar-refractivity contribution >= 4 is 22.8 Å². The number of benzene rings is 2. The Hall–Kier alpha value is -4.14. The second kappa shape index (κ2) is 7.52. The van der Waals surface area contributed by atoms with Gasteiger partial charge in [-0.3, -0.25) is 4.79 Å². The second-order valence-corrected chi connectivity index (χ2v) is 7.81. The maximum atomic E-state index is 12.7. The Morgan fingerprint density at radius 3 is 2.75 bits per heavy atom. The van der Waals surface area contributed by atoms with Gasteiger partial charge in [0.2, 0.25) is 12.6 Å². The Labute approximate surface area is 183 Å². The standard InChI is InChI=1S/C23H20N6O3/c30-23(26-15-7-8-15)21-27-20(24-11-14-6-9-18-19(10-14)32-13-31-18)17-12-25-29(22(17)28-21)16-4-2-1-3-5-16/h1-6,9-10,12,15H,7-8,11,13H2,(H,26,30)(H,24,27,28). The summed E-state index contributed by atoms with van der Waals surface area (Å²) in [4.78, 5) is 21.8. The summed E-state index contributed by atoms with van der Waals surface area (Å²) in [6, 6.07) is 15.7. The quantitative estimate of drug-likeness (QED) is 0.486. The summed E-state index contributed by atoms with van der Waals surface area (Å²) in [5.74, 6) is 1.85. The number of carbonyl (C=O) groups is 1. The molecule has 6 rings (SSSR count). The van der Waals surface area contributed by atoms with Crippen molar-refractivity contribution in [3.8, 4) is 17.2 Å². The molecule has 0 atom stereocenters. The first kappa shape index (κ1) is 18.6. The van der Waals surface area contributed by atoms with E-state index in [1.165, 1.54) is 0 Å². The van der Waals surface area contributed by atoms with Gasteiger partial charge in [0, 0.05) is 12.6 Å². The molecule has 1 saturated carbocycles. The maximum absolute atomic E-state index is 12.7. The van der Waals surface area contributed by atoms with Crippen molar-refractivity contribution in [3.05, 3.63) is 66.1 Å². The molecular weight excluding hydrogens is 408 g/mol. The summed E-state index contributed by atoms with van der Waals surface area (Å²) >= 11 is 0. The average Bonchev–Trinajstić information content (AvgIpc) is 3.33. The predicted molar refractivity (Wildman–Crippen MR) is 117 cm³/mol. The number of para-hydroxylation sites is 1. The van der Waals surface area contributed by atoms with Crippen molar-refractivity contribution in [1.29, 1.82) is 0 Å². The van der Waals surface area contributed by atoms with Gasteiger partial charge in [-0.05, 0) is 42.7 Å². The van der Waals surface area contributed by atoms with Crippen molar-refractivity contribution in [1.82, 2.24) is 25.1 Å². The number of fused-ring (bicyclic) bond motifs is 2. The SMILES string of the molecule is O=C(NC1CC1)c1nc(NCc2ccc3c(c2)OCO3)c2cnn(-c3ccccc3)c2n1. The number of rotatable bonds is 6. The van der Waals surface area contributed by atoms with Gasteiger partial charge >= 0.3 is 0 Å². The van der Waals surface area contributed by atoms with Gasteiger partial charge < -0.3 is 20.1 Å². The van der Waals surface area contributed by atoms with Crippen LogP contribution in [0.3, 0.4) is 0 Å². The third-order valence-corrected chi connectivity index (χ3v) is 5.44. The number of nitrogens with one attached hydrogen (secondary N) is 2. The van der Waals surface area contributed by atoms with Crippen molar-refractivity contribution < 1.29 is 14.3 Å². The third kappa shape index (κ3) is 3.47. The molecule has 0 radical (unpaired) electrons. The number of amides is 1. The molecule has 9 nitrogen and oxygen atoms in total. The largest absolute Gasteiger partial charge is 0.454 e. The number of hydrogen-bond donors (Lipinski definition) is 2. The first-order chi connectivity index (χ1) is 15.7. The summed E-state index contributed by atoms with van der Waals surface area (Å²) in [6.45, 7) is 0.722. The fraction of sp³-hybridized carbons (Fsp3) is 0.217. The van der Waals surface area contributed by atoms with Crippen LogP contribution in [0.25, 0.3) is 16.7 Å². The van der Waals surface area contributed by atoms with Crippen LogP contribution < -0.4 is 20.1 Å². The molecule has 1 aliphatic carbocycles. The minimum Gasteiger partial charge on any atom is -0.454 e. The second-order valence-electron chi connectivity index (χ2n) is 7.81. The van der Waals surface area contributed by atoms with Crippen molar-refractivity contribution in [3.63, 3.8) is 0 Å². The fourth-order valence-corrected chi connectivity index (χ4v) is 3.62. The first-order valence-corrected chi connectivity index (χ1v) is 10.5. The number of ether oxygens (including phenoxy) is 2. The lowest BCUT2D eigenvalue weighted by atomic mass is 10.2. The van der Waals surface area contributed by atoms with E-state index in [0.29, 0.717) is 18.0 Å². The Kier molecular flexibility index (Phi) is 4.38. The fourth-order valence-electron chi connectivity index (χ4n) is 3.62. The van der Waals surface area contributed by atoms with E-state index in [4.69, 9.17) is 9.47 Å². The predicted octanol–water partition coefficient (Wildman–Crippen LogP) is 3.05. The molecule has 1 amide bonds. The Morgan fingerprint density at radius 1 is 1.06 bits per heavy atom. The molecule has 4 aromatic rings. The third-order valence-electron chi connectivity index (χ3n) is 5.44. The van der Waals surface area contributed by atoms with Crippen LogP contribution in [0.4, 0.5) is 5.82 Å². The van der Waals surface area contributed by atoms with E-state index in [2.05, 4.69) is 25.7 Å². The normalized spacial score (nSPS) is 14.5. The molecule has 0 spiro atoms. The molecule has 0 saturated heterocycles. The van der Waals surface area contributed by atoms with Crippen LogP contribution in [0.5, 0.6) is 11.5 Å². The van der Waals surface area contributed by atoms with E-state index >= 15 is 0 Å². The zero-order chi connectivity index (χ0) is 21.5. The van der Waals surface area contributed by atoms with Crippen LogP contribution in [0.2, 0.25) is 0 Å². The van der Waals surface area contributed by atoms with Crippen molar-refractivity contribution in [2.45, 2.75) is 25.4 Å². The summed E-state index contributed by atoms with van der Waals surface area (Å²) < 4.78 is 12.6. The van der Waals surface area contributed by atoms with Crippen LogP contribution >= 0.6 is 0 Å². The van der Waals surface area contributed by atoms with E-state index in [1.807, 2.05) is 48.5 Å². The molecular formula is C23H20N6O3. The first-order valence-electron chi connectivity index (χ1n) is 10.5. The van der Waals surface area contributed by atoms with Gasteiger partial charge in [-0.15, -0.1) is 0 Å². The molecule has 2 aliphatic rings. The molecule has 2 N–H and O–H groups in total. The topological polar surface area (TPSA) is 103 Å². The summed E-state index contributed by atoms with van der Waals surface area (Å²) in [7, 11) is 0. The lowest BCUT2D eigenvalue weighted by molar-refractivity contribution is 0.0941. The van der Waals surface area contributed by atoms with Gasteiger partial charge in [0.15, 0.2) is 17.1 Å². The zero-order valence-corrected chi connectivity index (χ0v) is 17.1. The van der Waals surface area contributed by atoms with Gasteiger partial charge in [-0.1, -0.05) is 24.3 Å². The van der Waals surface area contributed by atoms with Crippen molar-refractivity contribution in [2.75, 3.05) is 12.1 Å². The molecule has 1 fully saturated rings. The maximum Gasteiger partial charge on any atom is 0.289 e. The highest BCUT2D eigenvalue weighted by Crippen LogP contribution is 2.33. The monoisotopic (exact) mass is 428 g/mol. The van der Waals surface area contributed by atoms with E-state index in [9.17, 15) is 4.79 Å². The molecule has 0 bridgehead atoms. The molecule has 1 aliphatic heterocycles.